The molecule has 0 radical (unpaired) electrons. The fourth-order valence-electron chi connectivity index (χ4n) is 2.71. The largest absolute Gasteiger partial charge is 0.396 e. The molecule has 0 fully saturated rings. The van der Waals surface area contributed by atoms with Crippen molar-refractivity contribution in [3.05, 3.63) is 41.3 Å². The molecule has 2 N–H and O–H groups in total. The number of hydrogen-bond acceptors (Lipinski definition) is 3. The van der Waals surface area contributed by atoms with Gasteiger partial charge in [0, 0.05) is 49.5 Å². The first kappa shape index (κ1) is 13.3. The van der Waals surface area contributed by atoms with Crippen LogP contribution in [0.3, 0.4) is 0 Å². The van der Waals surface area contributed by atoms with E-state index < -0.39 is 0 Å². The number of fused-ring (bicyclic) bond motifs is 1. The van der Waals surface area contributed by atoms with Crippen molar-refractivity contribution in [1.29, 1.82) is 0 Å². The van der Waals surface area contributed by atoms with Gasteiger partial charge in [0.1, 0.15) is 5.82 Å². The third-order valence-electron chi connectivity index (χ3n) is 3.77. The average Bonchev–Trinajstić information content (AvgIpc) is 2.88. The fraction of sp³-hybridized carbons (Fsp3) is 0.400. The van der Waals surface area contributed by atoms with Crippen molar-refractivity contribution in [3.63, 3.8) is 0 Å². The lowest BCUT2D eigenvalue weighted by atomic mass is 10.0. The van der Waals surface area contributed by atoms with Gasteiger partial charge in [0.25, 0.3) is 0 Å². The molecule has 0 spiro atoms. The van der Waals surface area contributed by atoms with Gasteiger partial charge in [-0.2, -0.15) is 5.10 Å². The Kier molecular flexibility index (Phi) is 3.80. The predicted octanol–water partition coefficient (Wildman–Crippen LogP) is 1.96. The molecule has 1 aromatic carbocycles. The number of hydrogen-bond donors (Lipinski definition) is 2. The standard InChI is InChI=1S/C15H18FN3O/c16-13-5-2-1-4-11(13)15-12-10-19(7-3-9-20)8-6-14(12)17-18-15/h1-2,4-5,20H,3,6-10H2,(H,17,18). The van der Waals surface area contributed by atoms with Gasteiger partial charge in [0.05, 0.1) is 5.69 Å². The second-order valence-electron chi connectivity index (χ2n) is 5.11. The normalized spacial score (nSPS) is 15.3. The van der Waals surface area contributed by atoms with Gasteiger partial charge in [0.2, 0.25) is 0 Å². The van der Waals surface area contributed by atoms with E-state index in [4.69, 9.17) is 5.11 Å². The van der Waals surface area contributed by atoms with Crippen LogP contribution < -0.4 is 0 Å². The van der Waals surface area contributed by atoms with Gasteiger partial charge >= 0.3 is 0 Å². The van der Waals surface area contributed by atoms with Gasteiger partial charge in [-0.05, 0) is 18.6 Å². The van der Waals surface area contributed by atoms with E-state index in [-0.39, 0.29) is 12.4 Å². The first-order valence-corrected chi connectivity index (χ1v) is 6.94. The Bertz CT molecular complexity index is 597. The van der Waals surface area contributed by atoms with Crippen molar-refractivity contribution < 1.29 is 9.50 Å². The van der Waals surface area contributed by atoms with E-state index in [0.717, 1.165) is 43.7 Å². The molecule has 20 heavy (non-hydrogen) atoms. The lowest BCUT2D eigenvalue weighted by Gasteiger charge is -2.26. The van der Waals surface area contributed by atoms with E-state index >= 15 is 0 Å². The summed E-state index contributed by atoms with van der Waals surface area (Å²) in [7, 11) is 0. The van der Waals surface area contributed by atoms with Crippen LogP contribution in [0.4, 0.5) is 4.39 Å². The van der Waals surface area contributed by atoms with Crippen LogP contribution in [-0.4, -0.2) is 39.9 Å². The summed E-state index contributed by atoms with van der Waals surface area (Å²) in [6.45, 7) is 2.77. The molecule has 0 amide bonds. The van der Waals surface area contributed by atoms with Gasteiger partial charge in [-0.15, -0.1) is 0 Å². The second-order valence-corrected chi connectivity index (χ2v) is 5.11. The molecule has 0 atom stereocenters. The minimum atomic E-state index is -0.241. The van der Waals surface area contributed by atoms with Crippen molar-refractivity contribution in [3.8, 4) is 11.3 Å². The topological polar surface area (TPSA) is 52.1 Å². The monoisotopic (exact) mass is 275 g/mol. The summed E-state index contributed by atoms with van der Waals surface area (Å²) < 4.78 is 13.9. The zero-order valence-electron chi connectivity index (χ0n) is 11.3. The third kappa shape index (κ3) is 2.46. The first-order valence-electron chi connectivity index (χ1n) is 6.94. The molecule has 5 heteroatoms. The molecule has 2 aromatic rings. The highest BCUT2D eigenvalue weighted by molar-refractivity contribution is 5.64. The summed E-state index contributed by atoms with van der Waals surface area (Å²) in [5, 5.41) is 16.3. The van der Waals surface area contributed by atoms with E-state index in [9.17, 15) is 4.39 Å². The van der Waals surface area contributed by atoms with Gasteiger partial charge in [-0.25, -0.2) is 4.39 Å². The van der Waals surface area contributed by atoms with Crippen molar-refractivity contribution >= 4 is 0 Å². The van der Waals surface area contributed by atoms with Crippen molar-refractivity contribution in [2.24, 2.45) is 0 Å². The summed E-state index contributed by atoms with van der Waals surface area (Å²) in [6, 6.07) is 6.73. The predicted molar refractivity (Wildman–Crippen MR) is 74.7 cm³/mol. The lowest BCUT2D eigenvalue weighted by Crippen LogP contribution is -2.31. The molecule has 1 aliphatic rings. The molecule has 0 saturated carbocycles. The summed E-state index contributed by atoms with van der Waals surface area (Å²) in [5.41, 5.74) is 3.45. The van der Waals surface area contributed by atoms with Gasteiger partial charge in [0.15, 0.2) is 0 Å². The van der Waals surface area contributed by atoms with E-state index in [1.807, 2.05) is 6.07 Å². The van der Waals surface area contributed by atoms with E-state index in [1.54, 1.807) is 12.1 Å². The maximum Gasteiger partial charge on any atom is 0.132 e. The Hall–Kier alpha value is -1.72. The Labute approximate surface area is 117 Å². The first-order chi connectivity index (χ1) is 9.79. The highest BCUT2D eigenvalue weighted by Gasteiger charge is 2.23. The minimum absolute atomic E-state index is 0.203. The summed E-state index contributed by atoms with van der Waals surface area (Å²) in [5.74, 6) is -0.241. The number of aromatic amines is 1. The van der Waals surface area contributed by atoms with Crippen LogP contribution >= 0.6 is 0 Å². The minimum Gasteiger partial charge on any atom is -0.396 e. The lowest BCUT2D eigenvalue weighted by molar-refractivity contribution is 0.212. The molecule has 3 rings (SSSR count). The molecule has 0 bridgehead atoms. The molecule has 1 aliphatic heterocycles. The molecule has 0 saturated heterocycles. The molecule has 1 aromatic heterocycles. The molecular weight excluding hydrogens is 257 g/mol. The Morgan fingerprint density at radius 2 is 2.20 bits per heavy atom. The number of aliphatic hydroxyl groups excluding tert-OH is 1. The van der Waals surface area contributed by atoms with E-state index in [2.05, 4.69) is 15.1 Å². The summed E-state index contributed by atoms with van der Waals surface area (Å²) in [6.07, 6.45) is 1.66. The Morgan fingerprint density at radius 3 is 3.00 bits per heavy atom. The summed E-state index contributed by atoms with van der Waals surface area (Å²) >= 11 is 0. The number of nitrogens with one attached hydrogen (secondary N) is 1. The number of H-pyrrole nitrogens is 1. The number of benzene rings is 1. The molecule has 106 valence electrons. The second kappa shape index (κ2) is 5.73. The van der Waals surface area contributed by atoms with Crippen LogP contribution in [-0.2, 0) is 13.0 Å². The maximum atomic E-state index is 13.9. The van der Waals surface area contributed by atoms with Crippen molar-refractivity contribution in [2.45, 2.75) is 19.4 Å². The Balaban J connectivity index is 1.89. The zero-order chi connectivity index (χ0) is 13.9. The molecule has 4 nitrogen and oxygen atoms in total. The third-order valence-corrected chi connectivity index (χ3v) is 3.77. The number of aliphatic hydroxyl groups is 1. The van der Waals surface area contributed by atoms with Crippen LogP contribution in [0.25, 0.3) is 11.3 Å². The van der Waals surface area contributed by atoms with Crippen LogP contribution in [0.5, 0.6) is 0 Å². The van der Waals surface area contributed by atoms with E-state index in [0.29, 0.717) is 11.3 Å². The van der Waals surface area contributed by atoms with Gasteiger partial charge < -0.3 is 5.11 Å². The van der Waals surface area contributed by atoms with Gasteiger partial charge in [-0.1, -0.05) is 12.1 Å². The highest BCUT2D eigenvalue weighted by Crippen LogP contribution is 2.29. The van der Waals surface area contributed by atoms with Crippen molar-refractivity contribution in [2.75, 3.05) is 19.7 Å². The number of aromatic nitrogens is 2. The molecule has 0 aliphatic carbocycles. The smallest absolute Gasteiger partial charge is 0.132 e. The van der Waals surface area contributed by atoms with E-state index in [1.165, 1.54) is 6.07 Å². The molecule has 0 unspecified atom stereocenters. The zero-order valence-corrected chi connectivity index (χ0v) is 11.3. The van der Waals surface area contributed by atoms with Gasteiger partial charge in [-0.3, -0.25) is 10.00 Å². The average molecular weight is 275 g/mol. The van der Waals surface area contributed by atoms with Crippen molar-refractivity contribution in [1.82, 2.24) is 15.1 Å². The van der Waals surface area contributed by atoms with Crippen LogP contribution in [0.2, 0.25) is 0 Å². The van der Waals surface area contributed by atoms with Crippen LogP contribution in [0.1, 0.15) is 17.7 Å². The quantitative estimate of drug-likeness (QED) is 0.897. The van der Waals surface area contributed by atoms with Crippen LogP contribution in [0.15, 0.2) is 24.3 Å². The fourth-order valence-corrected chi connectivity index (χ4v) is 2.71. The summed E-state index contributed by atoms with van der Waals surface area (Å²) in [4.78, 5) is 2.28. The number of nitrogens with zero attached hydrogens (tertiary/aromatic N) is 2. The number of rotatable bonds is 4. The molecule has 2 heterocycles. The SMILES string of the molecule is OCCCN1CCc2[nH]nc(-c3ccccc3F)c2C1. The highest BCUT2D eigenvalue weighted by atomic mass is 19.1. The number of halogens is 1. The molecular formula is C15H18FN3O. The van der Waals surface area contributed by atoms with Crippen LogP contribution in [0, 0.1) is 5.82 Å². The Morgan fingerprint density at radius 1 is 1.35 bits per heavy atom. The maximum absolute atomic E-state index is 13.9.